The summed E-state index contributed by atoms with van der Waals surface area (Å²) in [6, 6.07) is 8.51. The van der Waals surface area contributed by atoms with Crippen LogP contribution in [0.4, 0.5) is 11.6 Å². The highest BCUT2D eigenvalue weighted by Gasteiger charge is 2.29. The van der Waals surface area contributed by atoms with E-state index in [9.17, 15) is 13.2 Å². The van der Waals surface area contributed by atoms with Crippen LogP contribution in [0.1, 0.15) is 28.2 Å². The molecule has 0 bridgehead atoms. The molecule has 25 heavy (non-hydrogen) atoms. The lowest BCUT2D eigenvalue weighted by atomic mass is 10.1. The van der Waals surface area contributed by atoms with Gasteiger partial charge in [-0.05, 0) is 44.5 Å². The van der Waals surface area contributed by atoms with Gasteiger partial charge in [0.15, 0.2) is 9.84 Å². The van der Waals surface area contributed by atoms with Crippen molar-refractivity contribution in [3.05, 3.63) is 47.3 Å². The molecule has 8 heteroatoms. The standard InChI is InChI=1S/C17H20N4O3S/c1-11-8-12(2)19-17(18-11)21-14-5-3-4-13(9-14)16(22)20-15-6-7-25(23,24)10-15/h3-5,8-9,15H,6-7,10H2,1-2H3,(H,20,22)(H,18,19,21)/t15-/m0/s1. The summed E-state index contributed by atoms with van der Waals surface area (Å²) >= 11 is 0. The Kier molecular flexibility index (Phi) is 4.71. The van der Waals surface area contributed by atoms with Crippen LogP contribution in [-0.4, -0.2) is 41.8 Å². The molecule has 1 fully saturated rings. The summed E-state index contributed by atoms with van der Waals surface area (Å²) in [4.78, 5) is 21.0. The number of rotatable bonds is 4. The van der Waals surface area contributed by atoms with Crippen molar-refractivity contribution in [1.82, 2.24) is 15.3 Å². The smallest absolute Gasteiger partial charge is 0.251 e. The number of anilines is 2. The monoisotopic (exact) mass is 360 g/mol. The van der Waals surface area contributed by atoms with Gasteiger partial charge in [0, 0.05) is 28.7 Å². The van der Waals surface area contributed by atoms with E-state index in [4.69, 9.17) is 0 Å². The molecule has 1 aliphatic rings. The first-order chi connectivity index (χ1) is 11.8. The van der Waals surface area contributed by atoms with E-state index in [0.717, 1.165) is 11.4 Å². The predicted octanol–water partition coefficient (Wildman–Crippen LogP) is 1.75. The first kappa shape index (κ1) is 17.3. The fourth-order valence-corrected chi connectivity index (χ4v) is 4.50. The second-order valence-corrected chi connectivity index (χ2v) is 8.48. The predicted molar refractivity (Wildman–Crippen MR) is 95.8 cm³/mol. The Morgan fingerprint density at radius 3 is 2.52 bits per heavy atom. The number of hydrogen-bond donors (Lipinski definition) is 2. The Morgan fingerprint density at radius 1 is 1.16 bits per heavy atom. The molecule has 2 heterocycles. The van der Waals surface area contributed by atoms with Crippen LogP contribution in [0.2, 0.25) is 0 Å². The highest BCUT2D eigenvalue weighted by Crippen LogP contribution is 2.17. The molecule has 1 saturated heterocycles. The van der Waals surface area contributed by atoms with E-state index in [0.29, 0.717) is 23.6 Å². The first-order valence-electron chi connectivity index (χ1n) is 8.01. The van der Waals surface area contributed by atoms with Crippen LogP contribution in [0, 0.1) is 13.8 Å². The lowest BCUT2D eigenvalue weighted by molar-refractivity contribution is 0.0941. The van der Waals surface area contributed by atoms with Crippen molar-refractivity contribution < 1.29 is 13.2 Å². The number of nitrogens with one attached hydrogen (secondary N) is 2. The molecule has 132 valence electrons. The highest BCUT2D eigenvalue weighted by atomic mass is 32.2. The van der Waals surface area contributed by atoms with Gasteiger partial charge in [-0.25, -0.2) is 18.4 Å². The molecule has 2 aromatic rings. The topological polar surface area (TPSA) is 101 Å². The molecule has 1 amide bonds. The van der Waals surface area contributed by atoms with E-state index in [1.165, 1.54) is 0 Å². The summed E-state index contributed by atoms with van der Waals surface area (Å²) < 4.78 is 23.0. The molecular weight excluding hydrogens is 340 g/mol. The largest absolute Gasteiger partial charge is 0.348 e. The summed E-state index contributed by atoms with van der Waals surface area (Å²) in [5, 5.41) is 5.87. The first-order valence-corrected chi connectivity index (χ1v) is 9.83. The van der Waals surface area contributed by atoms with E-state index in [1.807, 2.05) is 26.0 Å². The number of carbonyl (C=O) groups is 1. The molecule has 1 aromatic heterocycles. The van der Waals surface area contributed by atoms with E-state index in [1.54, 1.807) is 18.2 Å². The molecule has 2 N–H and O–H groups in total. The summed E-state index contributed by atoms with van der Waals surface area (Å²) in [6.45, 7) is 3.78. The Balaban J connectivity index is 1.71. The van der Waals surface area contributed by atoms with E-state index in [-0.39, 0.29) is 23.5 Å². The Morgan fingerprint density at radius 2 is 1.88 bits per heavy atom. The lowest BCUT2D eigenvalue weighted by Gasteiger charge is -2.12. The number of amides is 1. The summed E-state index contributed by atoms with van der Waals surface area (Å²) in [5.41, 5.74) is 2.85. The van der Waals surface area contributed by atoms with Crippen LogP contribution in [0.25, 0.3) is 0 Å². The van der Waals surface area contributed by atoms with Gasteiger partial charge in [-0.1, -0.05) is 6.07 Å². The second kappa shape index (κ2) is 6.79. The van der Waals surface area contributed by atoms with Crippen molar-refractivity contribution in [1.29, 1.82) is 0 Å². The molecule has 3 rings (SSSR count). The van der Waals surface area contributed by atoms with Crippen molar-refractivity contribution in [2.24, 2.45) is 0 Å². The molecule has 7 nitrogen and oxygen atoms in total. The van der Waals surface area contributed by atoms with Crippen LogP contribution in [0.15, 0.2) is 30.3 Å². The third kappa shape index (κ3) is 4.54. The zero-order valence-corrected chi connectivity index (χ0v) is 14.9. The molecular formula is C17H20N4O3S. The lowest BCUT2D eigenvalue weighted by Crippen LogP contribution is -2.35. The van der Waals surface area contributed by atoms with Crippen LogP contribution >= 0.6 is 0 Å². The third-order valence-corrected chi connectivity index (χ3v) is 5.70. The third-order valence-electron chi connectivity index (χ3n) is 3.93. The molecule has 0 saturated carbocycles. The number of nitrogens with zero attached hydrogens (tertiary/aromatic N) is 2. The average molecular weight is 360 g/mol. The SMILES string of the molecule is Cc1cc(C)nc(Nc2cccc(C(=O)N[C@H]3CCS(=O)(=O)C3)c2)n1. The van der Waals surface area contributed by atoms with Crippen molar-refractivity contribution in [3.8, 4) is 0 Å². The van der Waals surface area contributed by atoms with Gasteiger partial charge < -0.3 is 10.6 Å². The zero-order chi connectivity index (χ0) is 18.0. The van der Waals surface area contributed by atoms with Crippen molar-refractivity contribution in [2.75, 3.05) is 16.8 Å². The molecule has 1 aromatic carbocycles. The fourth-order valence-electron chi connectivity index (χ4n) is 2.83. The summed E-state index contributed by atoms with van der Waals surface area (Å²) in [6.07, 6.45) is 0.461. The maximum atomic E-state index is 12.4. The van der Waals surface area contributed by atoms with Crippen LogP contribution < -0.4 is 10.6 Å². The van der Waals surface area contributed by atoms with Gasteiger partial charge in [-0.2, -0.15) is 0 Å². The van der Waals surface area contributed by atoms with Gasteiger partial charge in [-0.3, -0.25) is 4.79 Å². The molecule has 1 aliphatic heterocycles. The summed E-state index contributed by atoms with van der Waals surface area (Å²) in [5.74, 6) is 0.320. The normalized spacial score (nSPS) is 18.7. The number of sulfone groups is 1. The number of benzene rings is 1. The fraction of sp³-hybridized carbons (Fsp3) is 0.353. The molecule has 0 unspecified atom stereocenters. The molecule has 0 radical (unpaired) electrons. The Bertz CT molecular complexity index is 892. The number of aryl methyl sites for hydroxylation is 2. The maximum absolute atomic E-state index is 12.4. The quantitative estimate of drug-likeness (QED) is 0.861. The van der Waals surface area contributed by atoms with Crippen molar-refractivity contribution in [2.45, 2.75) is 26.3 Å². The molecule has 1 atom stereocenters. The summed E-state index contributed by atoms with van der Waals surface area (Å²) in [7, 11) is -3.02. The minimum absolute atomic E-state index is 0.00703. The van der Waals surface area contributed by atoms with E-state index >= 15 is 0 Å². The minimum Gasteiger partial charge on any atom is -0.348 e. The van der Waals surface area contributed by atoms with Crippen molar-refractivity contribution >= 4 is 27.4 Å². The number of hydrogen-bond acceptors (Lipinski definition) is 6. The van der Waals surface area contributed by atoms with Gasteiger partial charge in [0.25, 0.3) is 5.91 Å². The second-order valence-electron chi connectivity index (χ2n) is 6.25. The number of carbonyl (C=O) groups excluding carboxylic acids is 1. The van der Waals surface area contributed by atoms with Crippen LogP contribution in [0.3, 0.4) is 0 Å². The molecule has 0 aliphatic carbocycles. The minimum atomic E-state index is -3.02. The molecule has 0 spiro atoms. The van der Waals surface area contributed by atoms with Gasteiger partial charge in [0.2, 0.25) is 5.95 Å². The average Bonchev–Trinajstić information content (AvgIpc) is 2.85. The zero-order valence-electron chi connectivity index (χ0n) is 14.1. The Hall–Kier alpha value is -2.48. The van der Waals surface area contributed by atoms with Gasteiger partial charge in [0.05, 0.1) is 11.5 Å². The number of aromatic nitrogens is 2. The van der Waals surface area contributed by atoms with Gasteiger partial charge >= 0.3 is 0 Å². The van der Waals surface area contributed by atoms with Gasteiger partial charge in [0.1, 0.15) is 0 Å². The Labute approximate surface area is 146 Å². The van der Waals surface area contributed by atoms with Crippen molar-refractivity contribution in [3.63, 3.8) is 0 Å². The van der Waals surface area contributed by atoms with Crippen LogP contribution in [0.5, 0.6) is 0 Å². The van der Waals surface area contributed by atoms with E-state index < -0.39 is 9.84 Å². The maximum Gasteiger partial charge on any atom is 0.251 e. The highest BCUT2D eigenvalue weighted by molar-refractivity contribution is 7.91. The van der Waals surface area contributed by atoms with E-state index in [2.05, 4.69) is 20.6 Å². The van der Waals surface area contributed by atoms with Crippen LogP contribution in [-0.2, 0) is 9.84 Å². The van der Waals surface area contributed by atoms with Gasteiger partial charge in [-0.15, -0.1) is 0 Å².